The molecule has 0 radical (unpaired) electrons. The van der Waals surface area contributed by atoms with E-state index in [2.05, 4.69) is 15.0 Å². The van der Waals surface area contributed by atoms with Crippen molar-refractivity contribution in [1.29, 1.82) is 0 Å². The Morgan fingerprint density at radius 2 is 2.45 bits per heavy atom. The highest BCUT2D eigenvalue weighted by Crippen LogP contribution is 2.27. The Hall–Kier alpha value is -0.520. The lowest BCUT2D eigenvalue weighted by Crippen LogP contribution is -1.77. The van der Waals surface area contributed by atoms with Gasteiger partial charge in [0.15, 0.2) is 0 Å². The van der Waals surface area contributed by atoms with Crippen LogP contribution in [0.1, 0.15) is 0 Å². The molecule has 1 aromatic rings. The first-order valence-electron chi connectivity index (χ1n) is 2.61. The molecule has 11 heavy (non-hydrogen) atoms. The fourth-order valence-corrected chi connectivity index (χ4v) is 1.42. The number of hydrogen-bond acceptors (Lipinski definition) is 2. The van der Waals surface area contributed by atoms with E-state index in [1.54, 1.807) is 12.3 Å². The number of azide groups is 1. The minimum Gasteiger partial charge on any atom is -0.244 e. The van der Waals surface area contributed by atoms with Crippen LogP contribution < -0.4 is 0 Å². The maximum atomic E-state index is 8.14. The summed E-state index contributed by atoms with van der Waals surface area (Å²) >= 11 is 7.65. The van der Waals surface area contributed by atoms with Crippen molar-refractivity contribution in [2.24, 2.45) is 5.11 Å². The summed E-state index contributed by atoms with van der Waals surface area (Å²) in [6.07, 6.45) is 1.56. The summed E-state index contributed by atoms with van der Waals surface area (Å²) in [5.41, 5.74) is 8.52. The number of halogens is 2. The number of aromatic nitrogens is 1. The van der Waals surface area contributed by atoms with E-state index >= 15 is 0 Å². The van der Waals surface area contributed by atoms with E-state index < -0.39 is 0 Å². The highest BCUT2D eigenvalue weighted by atomic mass is 127. The molecule has 0 unspecified atom stereocenters. The second-order valence-electron chi connectivity index (χ2n) is 1.62. The van der Waals surface area contributed by atoms with E-state index in [-0.39, 0.29) is 5.15 Å². The summed E-state index contributed by atoms with van der Waals surface area (Å²) in [5.74, 6) is 0. The number of nitrogens with zero attached hydrogens (tertiary/aromatic N) is 4. The zero-order valence-electron chi connectivity index (χ0n) is 5.20. The van der Waals surface area contributed by atoms with Gasteiger partial charge in [-0.3, -0.25) is 0 Å². The minimum atomic E-state index is 0.231. The Bertz CT molecular complexity index is 300. The molecule has 0 amide bonds. The van der Waals surface area contributed by atoms with Crippen molar-refractivity contribution in [2.45, 2.75) is 0 Å². The molecule has 0 N–H and O–H groups in total. The van der Waals surface area contributed by atoms with Crippen LogP contribution in [0.15, 0.2) is 17.4 Å². The van der Waals surface area contributed by atoms with Gasteiger partial charge >= 0.3 is 0 Å². The van der Waals surface area contributed by atoms with Gasteiger partial charge in [-0.1, -0.05) is 16.7 Å². The van der Waals surface area contributed by atoms with Crippen molar-refractivity contribution in [3.8, 4) is 0 Å². The van der Waals surface area contributed by atoms with Crippen LogP contribution in [0, 0.1) is 3.57 Å². The van der Waals surface area contributed by atoms with Crippen LogP contribution in [-0.4, -0.2) is 4.98 Å². The first-order chi connectivity index (χ1) is 5.25. The summed E-state index contributed by atoms with van der Waals surface area (Å²) in [4.78, 5) is 6.38. The third-order valence-electron chi connectivity index (χ3n) is 0.975. The van der Waals surface area contributed by atoms with Crippen molar-refractivity contribution in [2.75, 3.05) is 0 Å². The molecule has 1 rings (SSSR count). The van der Waals surface area contributed by atoms with Gasteiger partial charge in [-0.25, -0.2) is 4.98 Å². The Labute approximate surface area is 81.3 Å². The summed E-state index contributed by atoms with van der Waals surface area (Å²) in [6, 6.07) is 1.72. The second-order valence-corrected chi connectivity index (χ2v) is 3.14. The standard InChI is InChI=1S/C5H2ClIN4/c6-5-4(10-11-8)3(7)1-2-9-5/h1-2H. The number of rotatable bonds is 1. The minimum absolute atomic E-state index is 0.231. The van der Waals surface area contributed by atoms with Crippen molar-refractivity contribution < 1.29 is 0 Å². The highest BCUT2D eigenvalue weighted by molar-refractivity contribution is 14.1. The average Bonchev–Trinajstić information content (AvgIpc) is 1.97. The molecule has 0 fully saturated rings. The Morgan fingerprint density at radius 3 is 3.00 bits per heavy atom. The third-order valence-corrected chi connectivity index (χ3v) is 2.12. The number of pyridine rings is 1. The van der Waals surface area contributed by atoms with Crippen LogP contribution in [0.2, 0.25) is 5.15 Å². The van der Waals surface area contributed by atoms with E-state index in [9.17, 15) is 0 Å². The molecule has 0 atom stereocenters. The van der Waals surface area contributed by atoms with E-state index in [0.29, 0.717) is 5.69 Å². The van der Waals surface area contributed by atoms with Crippen LogP contribution in [0.25, 0.3) is 10.4 Å². The monoisotopic (exact) mass is 280 g/mol. The average molecular weight is 280 g/mol. The van der Waals surface area contributed by atoms with Gasteiger partial charge in [-0.2, -0.15) is 0 Å². The van der Waals surface area contributed by atoms with Gasteiger partial charge in [-0.05, 0) is 34.2 Å². The first-order valence-corrected chi connectivity index (χ1v) is 4.06. The molecule has 4 nitrogen and oxygen atoms in total. The summed E-state index contributed by atoms with van der Waals surface area (Å²) in [6.45, 7) is 0. The molecule has 0 bridgehead atoms. The van der Waals surface area contributed by atoms with Crippen molar-refractivity contribution in [3.63, 3.8) is 0 Å². The molecule has 0 aliphatic carbocycles. The van der Waals surface area contributed by atoms with E-state index in [1.807, 2.05) is 22.6 Å². The topological polar surface area (TPSA) is 61.7 Å². The normalized spacial score (nSPS) is 8.91. The van der Waals surface area contributed by atoms with Gasteiger partial charge in [0.25, 0.3) is 0 Å². The van der Waals surface area contributed by atoms with E-state index in [4.69, 9.17) is 17.1 Å². The van der Waals surface area contributed by atoms with Crippen LogP contribution in [0.3, 0.4) is 0 Å². The van der Waals surface area contributed by atoms with Crippen LogP contribution in [0.5, 0.6) is 0 Å². The van der Waals surface area contributed by atoms with Gasteiger partial charge in [0, 0.05) is 14.7 Å². The molecule has 0 saturated heterocycles. The quantitative estimate of drug-likeness (QED) is 0.256. The summed E-state index contributed by atoms with van der Waals surface area (Å²) < 4.78 is 0.792. The van der Waals surface area contributed by atoms with E-state index in [1.165, 1.54) is 0 Å². The highest BCUT2D eigenvalue weighted by Gasteiger charge is 2.01. The van der Waals surface area contributed by atoms with Crippen LogP contribution in [0.4, 0.5) is 5.69 Å². The third kappa shape index (κ3) is 1.95. The molecule has 0 saturated carbocycles. The Morgan fingerprint density at radius 1 is 1.73 bits per heavy atom. The molecule has 0 aliphatic heterocycles. The lowest BCUT2D eigenvalue weighted by molar-refractivity contribution is 1.28. The summed E-state index contributed by atoms with van der Waals surface area (Å²) in [7, 11) is 0. The SMILES string of the molecule is [N-]=[N+]=Nc1c(I)ccnc1Cl. The summed E-state index contributed by atoms with van der Waals surface area (Å²) in [5, 5.41) is 3.62. The number of hydrogen-bond donors (Lipinski definition) is 0. The molecular formula is C5H2ClIN4. The maximum Gasteiger partial charge on any atom is 0.139 e. The van der Waals surface area contributed by atoms with Crippen molar-refractivity contribution in [1.82, 2.24) is 4.98 Å². The van der Waals surface area contributed by atoms with Crippen LogP contribution in [-0.2, 0) is 0 Å². The van der Waals surface area contributed by atoms with Gasteiger partial charge in [0.05, 0.1) is 5.69 Å². The smallest absolute Gasteiger partial charge is 0.139 e. The Balaban J connectivity index is 3.31. The fraction of sp³-hybridized carbons (Fsp3) is 0. The molecular weight excluding hydrogens is 278 g/mol. The zero-order chi connectivity index (χ0) is 8.27. The first kappa shape index (κ1) is 8.58. The molecule has 6 heteroatoms. The molecule has 1 aromatic heterocycles. The molecule has 0 aromatic carbocycles. The van der Waals surface area contributed by atoms with Gasteiger partial charge in [-0.15, -0.1) is 0 Å². The molecule has 1 heterocycles. The predicted molar refractivity (Wildman–Crippen MR) is 50.8 cm³/mol. The lowest BCUT2D eigenvalue weighted by atomic mass is 10.4. The molecule has 0 aliphatic rings. The van der Waals surface area contributed by atoms with Crippen molar-refractivity contribution >= 4 is 39.9 Å². The van der Waals surface area contributed by atoms with E-state index in [0.717, 1.165) is 3.57 Å². The van der Waals surface area contributed by atoms with Crippen molar-refractivity contribution in [3.05, 3.63) is 31.4 Å². The lowest BCUT2D eigenvalue weighted by Gasteiger charge is -1.96. The van der Waals surface area contributed by atoms with Gasteiger partial charge in [0.2, 0.25) is 0 Å². The largest absolute Gasteiger partial charge is 0.244 e. The van der Waals surface area contributed by atoms with Crippen LogP contribution >= 0.6 is 34.2 Å². The zero-order valence-corrected chi connectivity index (χ0v) is 8.11. The molecule has 56 valence electrons. The van der Waals surface area contributed by atoms with Gasteiger partial charge in [0.1, 0.15) is 5.15 Å². The maximum absolute atomic E-state index is 8.14. The predicted octanol–water partition coefficient (Wildman–Crippen LogP) is 3.28. The Kier molecular flexibility index (Phi) is 2.92. The second kappa shape index (κ2) is 3.75. The van der Waals surface area contributed by atoms with Gasteiger partial charge < -0.3 is 0 Å². The molecule has 0 spiro atoms. The fourth-order valence-electron chi connectivity index (χ4n) is 0.541.